The second kappa shape index (κ2) is 8.84. The molecule has 0 radical (unpaired) electrons. The minimum Gasteiger partial charge on any atom is -0.450 e. The molecule has 0 heterocycles. The molecule has 0 aliphatic heterocycles. The number of hydrogen-bond donors (Lipinski definition) is 3. The van der Waals surface area contributed by atoms with Crippen LogP contribution >= 0.6 is 0 Å². The second-order valence-corrected chi connectivity index (χ2v) is 4.71. The Hall–Kier alpha value is -2.24. The average molecular weight is 293 g/mol. The fourth-order valence-electron chi connectivity index (χ4n) is 1.82. The molecule has 0 aromatic heterocycles. The smallest absolute Gasteiger partial charge is 0.411 e. The third kappa shape index (κ3) is 6.65. The number of carbonyl (C=O) groups is 2. The molecule has 0 aliphatic carbocycles. The van der Waals surface area contributed by atoms with Gasteiger partial charge in [0.25, 0.3) is 0 Å². The first-order valence-electron chi connectivity index (χ1n) is 7.16. The molecular weight excluding hydrogens is 270 g/mol. The third-order valence-electron chi connectivity index (χ3n) is 2.76. The molecule has 21 heavy (non-hydrogen) atoms. The van der Waals surface area contributed by atoms with Gasteiger partial charge in [-0.1, -0.05) is 13.3 Å². The Balaban J connectivity index is 2.47. The highest BCUT2D eigenvalue weighted by Gasteiger charge is 2.07. The quantitative estimate of drug-likeness (QED) is 0.750. The summed E-state index contributed by atoms with van der Waals surface area (Å²) in [6, 6.07) is 6.73. The van der Waals surface area contributed by atoms with Gasteiger partial charge in [0, 0.05) is 17.4 Å². The molecule has 0 fully saturated rings. The topological polar surface area (TPSA) is 79.5 Å². The zero-order valence-corrected chi connectivity index (χ0v) is 12.7. The molecule has 0 unspecified atom stereocenters. The van der Waals surface area contributed by atoms with E-state index in [1.807, 2.05) is 6.92 Å². The molecule has 0 spiro atoms. The van der Waals surface area contributed by atoms with Crippen LogP contribution < -0.4 is 16.0 Å². The summed E-state index contributed by atoms with van der Waals surface area (Å²) in [4.78, 5) is 23.0. The van der Waals surface area contributed by atoms with Crippen LogP contribution in [0.15, 0.2) is 24.3 Å². The van der Waals surface area contributed by atoms with Crippen molar-refractivity contribution in [3.8, 4) is 0 Å². The minimum atomic E-state index is -0.496. The summed E-state index contributed by atoms with van der Waals surface area (Å²) in [5, 5.41) is 8.18. The molecule has 0 saturated carbocycles. The summed E-state index contributed by atoms with van der Waals surface area (Å²) in [6.45, 7) is 6.10. The standard InChI is InChI=1S/C15H23N3O3/c1-4-6-11(3)16-14(19)17-12-7-9-13(10-8-12)18-15(20)21-5-2/h7-11H,4-6H2,1-3H3,(H,18,20)(H2,16,17,19)/t11-/m0/s1. The van der Waals surface area contributed by atoms with Crippen LogP contribution in [0.25, 0.3) is 0 Å². The number of carbonyl (C=O) groups excluding carboxylic acids is 2. The van der Waals surface area contributed by atoms with Crippen LogP contribution in [-0.4, -0.2) is 24.8 Å². The van der Waals surface area contributed by atoms with Crippen LogP contribution in [0.2, 0.25) is 0 Å². The molecule has 0 aliphatic rings. The predicted molar refractivity (Wildman–Crippen MR) is 83.6 cm³/mol. The molecule has 3 N–H and O–H groups in total. The van der Waals surface area contributed by atoms with E-state index in [4.69, 9.17) is 4.74 Å². The maximum atomic E-state index is 11.7. The van der Waals surface area contributed by atoms with E-state index >= 15 is 0 Å². The van der Waals surface area contributed by atoms with Gasteiger partial charge in [0.05, 0.1) is 6.61 Å². The van der Waals surface area contributed by atoms with E-state index in [2.05, 4.69) is 22.9 Å². The number of nitrogens with one attached hydrogen (secondary N) is 3. The monoisotopic (exact) mass is 293 g/mol. The van der Waals surface area contributed by atoms with Gasteiger partial charge in [0.15, 0.2) is 0 Å². The van der Waals surface area contributed by atoms with E-state index in [1.165, 1.54) is 0 Å². The van der Waals surface area contributed by atoms with E-state index in [-0.39, 0.29) is 12.1 Å². The zero-order valence-electron chi connectivity index (χ0n) is 12.7. The van der Waals surface area contributed by atoms with Crippen molar-refractivity contribution in [1.29, 1.82) is 0 Å². The van der Waals surface area contributed by atoms with E-state index in [0.717, 1.165) is 12.8 Å². The van der Waals surface area contributed by atoms with Gasteiger partial charge in [-0.15, -0.1) is 0 Å². The van der Waals surface area contributed by atoms with Crippen LogP contribution in [0.5, 0.6) is 0 Å². The van der Waals surface area contributed by atoms with Gasteiger partial charge in [-0.25, -0.2) is 9.59 Å². The number of rotatable bonds is 6. The van der Waals surface area contributed by atoms with Crippen molar-refractivity contribution in [2.45, 2.75) is 39.7 Å². The van der Waals surface area contributed by atoms with Crippen LogP contribution in [0, 0.1) is 0 Å². The lowest BCUT2D eigenvalue weighted by Crippen LogP contribution is -2.35. The molecule has 1 rings (SSSR count). The SMILES string of the molecule is CCC[C@H](C)NC(=O)Nc1ccc(NC(=O)OCC)cc1. The number of urea groups is 1. The lowest BCUT2D eigenvalue weighted by molar-refractivity contribution is 0.168. The van der Waals surface area contributed by atoms with Gasteiger partial charge in [-0.3, -0.25) is 5.32 Å². The van der Waals surface area contributed by atoms with Crippen molar-refractivity contribution < 1.29 is 14.3 Å². The van der Waals surface area contributed by atoms with Gasteiger partial charge in [-0.2, -0.15) is 0 Å². The Morgan fingerprint density at radius 3 is 2.19 bits per heavy atom. The zero-order chi connectivity index (χ0) is 15.7. The van der Waals surface area contributed by atoms with Gasteiger partial charge >= 0.3 is 12.1 Å². The molecule has 1 aromatic carbocycles. The van der Waals surface area contributed by atoms with E-state index in [0.29, 0.717) is 18.0 Å². The van der Waals surface area contributed by atoms with E-state index in [9.17, 15) is 9.59 Å². The van der Waals surface area contributed by atoms with Crippen molar-refractivity contribution in [1.82, 2.24) is 5.32 Å². The number of benzene rings is 1. The van der Waals surface area contributed by atoms with Crippen LogP contribution in [0.4, 0.5) is 21.0 Å². The fraction of sp³-hybridized carbons (Fsp3) is 0.467. The summed E-state index contributed by atoms with van der Waals surface area (Å²) >= 11 is 0. The van der Waals surface area contributed by atoms with Gasteiger partial charge in [0.2, 0.25) is 0 Å². The van der Waals surface area contributed by atoms with Crippen molar-refractivity contribution >= 4 is 23.5 Å². The average Bonchev–Trinajstić information content (AvgIpc) is 2.41. The van der Waals surface area contributed by atoms with Crippen molar-refractivity contribution in [2.24, 2.45) is 0 Å². The molecule has 1 aromatic rings. The predicted octanol–water partition coefficient (Wildman–Crippen LogP) is 3.57. The van der Waals surface area contributed by atoms with Crippen molar-refractivity contribution in [3.05, 3.63) is 24.3 Å². The number of ether oxygens (including phenoxy) is 1. The Labute approximate surface area is 125 Å². The molecule has 0 bridgehead atoms. The van der Waals surface area contributed by atoms with Crippen LogP contribution in [0.1, 0.15) is 33.6 Å². The molecule has 6 heteroatoms. The van der Waals surface area contributed by atoms with Crippen LogP contribution in [0.3, 0.4) is 0 Å². The van der Waals surface area contributed by atoms with Crippen molar-refractivity contribution in [2.75, 3.05) is 17.2 Å². The third-order valence-corrected chi connectivity index (χ3v) is 2.76. The summed E-state index contributed by atoms with van der Waals surface area (Å²) in [5.41, 5.74) is 1.27. The number of amides is 3. The van der Waals surface area contributed by atoms with Gasteiger partial charge < -0.3 is 15.4 Å². The number of hydrogen-bond acceptors (Lipinski definition) is 3. The Kier molecular flexibility index (Phi) is 7.08. The maximum Gasteiger partial charge on any atom is 0.411 e. The summed E-state index contributed by atoms with van der Waals surface area (Å²) in [7, 11) is 0. The molecule has 116 valence electrons. The summed E-state index contributed by atoms with van der Waals surface area (Å²) in [5.74, 6) is 0. The largest absolute Gasteiger partial charge is 0.450 e. The van der Waals surface area contributed by atoms with E-state index in [1.54, 1.807) is 31.2 Å². The fourth-order valence-corrected chi connectivity index (χ4v) is 1.82. The lowest BCUT2D eigenvalue weighted by Gasteiger charge is -2.14. The summed E-state index contributed by atoms with van der Waals surface area (Å²) < 4.78 is 4.78. The molecule has 0 saturated heterocycles. The van der Waals surface area contributed by atoms with E-state index < -0.39 is 6.09 Å². The number of anilines is 2. The normalized spacial score (nSPS) is 11.4. The first-order valence-corrected chi connectivity index (χ1v) is 7.16. The van der Waals surface area contributed by atoms with Crippen molar-refractivity contribution in [3.63, 3.8) is 0 Å². The minimum absolute atomic E-state index is 0.139. The molecule has 3 amide bonds. The van der Waals surface area contributed by atoms with Crippen LogP contribution in [-0.2, 0) is 4.74 Å². The first kappa shape index (κ1) is 16.8. The Morgan fingerprint density at radius 1 is 1.10 bits per heavy atom. The lowest BCUT2D eigenvalue weighted by atomic mass is 10.2. The molecule has 1 atom stereocenters. The Morgan fingerprint density at radius 2 is 1.67 bits per heavy atom. The first-order chi connectivity index (χ1) is 10.0. The molecular formula is C15H23N3O3. The van der Waals surface area contributed by atoms with Gasteiger partial charge in [-0.05, 0) is 44.5 Å². The molecule has 6 nitrogen and oxygen atoms in total. The highest BCUT2D eigenvalue weighted by Crippen LogP contribution is 2.13. The highest BCUT2D eigenvalue weighted by molar-refractivity contribution is 5.90. The highest BCUT2D eigenvalue weighted by atomic mass is 16.5. The maximum absolute atomic E-state index is 11.7. The van der Waals surface area contributed by atoms with Gasteiger partial charge in [0.1, 0.15) is 0 Å². The second-order valence-electron chi connectivity index (χ2n) is 4.71. The summed E-state index contributed by atoms with van der Waals surface area (Å²) in [6.07, 6.45) is 1.47. The Bertz CT molecular complexity index is 460.